The maximum atomic E-state index is 11.0. The van der Waals surface area contributed by atoms with E-state index in [4.69, 9.17) is 5.11 Å². The monoisotopic (exact) mass is 254 g/mol. The van der Waals surface area contributed by atoms with Gasteiger partial charge in [0.15, 0.2) is 10.8 Å². The predicted octanol–water partition coefficient (Wildman–Crippen LogP) is 2.92. The molecule has 1 fully saturated rings. The van der Waals surface area contributed by atoms with Crippen LogP contribution in [-0.4, -0.2) is 29.1 Å². The fourth-order valence-corrected chi connectivity index (χ4v) is 3.29. The highest BCUT2D eigenvalue weighted by Crippen LogP contribution is 2.30. The highest BCUT2D eigenvalue weighted by atomic mass is 32.1. The third-order valence-corrected chi connectivity index (χ3v) is 4.47. The molecule has 0 amide bonds. The Morgan fingerprint density at radius 3 is 2.59 bits per heavy atom. The summed E-state index contributed by atoms with van der Waals surface area (Å²) < 4.78 is 0. The molecule has 0 spiro atoms. The van der Waals surface area contributed by atoms with Crippen molar-refractivity contribution in [3.8, 4) is 0 Å². The van der Waals surface area contributed by atoms with Gasteiger partial charge in [0.05, 0.1) is 0 Å². The second kappa shape index (κ2) is 5.04. The third kappa shape index (κ3) is 2.60. The van der Waals surface area contributed by atoms with E-state index in [0.717, 1.165) is 10.0 Å². The SMILES string of the molecule is Cc1sc(N(C)C2CCCCC2)nc1C(=O)O. The van der Waals surface area contributed by atoms with Gasteiger partial charge < -0.3 is 10.0 Å². The summed E-state index contributed by atoms with van der Waals surface area (Å²) in [5.74, 6) is -0.929. The fourth-order valence-electron chi connectivity index (χ4n) is 2.36. The summed E-state index contributed by atoms with van der Waals surface area (Å²) in [5, 5.41) is 9.84. The van der Waals surface area contributed by atoms with Crippen molar-refractivity contribution < 1.29 is 9.90 Å². The van der Waals surface area contributed by atoms with E-state index in [0.29, 0.717) is 6.04 Å². The smallest absolute Gasteiger partial charge is 0.355 e. The van der Waals surface area contributed by atoms with E-state index in [9.17, 15) is 4.79 Å². The van der Waals surface area contributed by atoms with E-state index in [1.165, 1.54) is 43.4 Å². The van der Waals surface area contributed by atoms with Crippen LogP contribution in [0.25, 0.3) is 0 Å². The second-order valence-electron chi connectivity index (χ2n) is 4.61. The van der Waals surface area contributed by atoms with Gasteiger partial charge in [-0.05, 0) is 19.8 Å². The van der Waals surface area contributed by atoms with Crippen molar-refractivity contribution >= 4 is 22.4 Å². The van der Waals surface area contributed by atoms with Crippen molar-refractivity contribution in [1.82, 2.24) is 4.98 Å². The molecular weight excluding hydrogens is 236 g/mol. The van der Waals surface area contributed by atoms with Gasteiger partial charge in [0.25, 0.3) is 0 Å². The van der Waals surface area contributed by atoms with E-state index in [1.54, 1.807) is 0 Å². The molecule has 94 valence electrons. The number of thiazole rings is 1. The number of carboxylic acids is 1. The summed E-state index contributed by atoms with van der Waals surface area (Å²) in [5.41, 5.74) is 0.202. The molecule has 0 radical (unpaired) electrons. The van der Waals surface area contributed by atoms with Crippen molar-refractivity contribution in [2.45, 2.75) is 45.1 Å². The van der Waals surface area contributed by atoms with E-state index in [2.05, 4.69) is 9.88 Å². The first-order valence-electron chi connectivity index (χ1n) is 6.03. The van der Waals surface area contributed by atoms with Crippen LogP contribution >= 0.6 is 11.3 Å². The van der Waals surface area contributed by atoms with Gasteiger partial charge in [0.2, 0.25) is 0 Å². The number of hydrogen-bond acceptors (Lipinski definition) is 4. The van der Waals surface area contributed by atoms with E-state index in [1.807, 2.05) is 14.0 Å². The van der Waals surface area contributed by atoms with Crippen LogP contribution in [0.1, 0.15) is 47.5 Å². The Morgan fingerprint density at radius 2 is 2.06 bits per heavy atom. The Kier molecular flexibility index (Phi) is 3.66. The number of hydrogen-bond donors (Lipinski definition) is 1. The predicted molar refractivity (Wildman–Crippen MR) is 69.1 cm³/mol. The molecule has 1 aromatic rings. The standard InChI is InChI=1S/C12H18N2O2S/c1-8-10(11(15)16)13-12(17-8)14(2)9-6-4-3-5-7-9/h9H,3-7H2,1-2H3,(H,15,16). The van der Waals surface area contributed by atoms with E-state index < -0.39 is 5.97 Å². The Hall–Kier alpha value is -1.10. The fraction of sp³-hybridized carbons (Fsp3) is 0.667. The molecule has 1 heterocycles. The summed E-state index contributed by atoms with van der Waals surface area (Å²) >= 11 is 1.48. The molecule has 1 aromatic heterocycles. The van der Waals surface area contributed by atoms with Crippen LogP contribution in [0, 0.1) is 6.92 Å². The molecule has 0 aromatic carbocycles. The lowest BCUT2D eigenvalue weighted by molar-refractivity contribution is 0.0690. The zero-order valence-corrected chi connectivity index (χ0v) is 11.1. The number of anilines is 1. The number of aromatic nitrogens is 1. The average Bonchev–Trinajstić information content (AvgIpc) is 2.71. The summed E-state index contributed by atoms with van der Waals surface area (Å²) in [6, 6.07) is 0.524. The maximum absolute atomic E-state index is 11.0. The van der Waals surface area contributed by atoms with Gasteiger partial charge in [-0.15, -0.1) is 11.3 Å². The van der Waals surface area contributed by atoms with Crippen LogP contribution in [0.2, 0.25) is 0 Å². The highest BCUT2D eigenvalue weighted by Gasteiger charge is 2.22. The zero-order valence-electron chi connectivity index (χ0n) is 10.3. The molecular formula is C12H18N2O2S. The van der Waals surface area contributed by atoms with Crippen molar-refractivity contribution in [2.75, 3.05) is 11.9 Å². The number of aryl methyl sites for hydroxylation is 1. The molecule has 1 N–H and O–H groups in total. The minimum absolute atomic E-state index is 0.202. The van der Waals surface area contributed by atoms with Crippen LogP contribution in [0.15, 0.2) is 0 Å². The van der Waals surface area contributed by atoms with Crippen LogP contribution in [0.4, 0.5) is 5.13 Å². The molecule has 0 aliphatic heterocycles. The molecule has 17 heavy (non-hydrogen) atoms. The molecule has 0 saturated heterocycles. The van der Waals surface area contributed by atoms with Gasteiger partial charge in [0.1, 0.15) is 0 Å². The normalized spacial score (nSPS) is 17.1. The highest BCUT2D eigenvalue weighted by molar-refractivity contribution is 7.15. The van der Waals surface area contributed by atoms with Crippen molar-refractivity contribution in [3.05, 3.63) is 10.6 Å². The molecule has 2 rings (SSSR count). The lowest BCUT2D eigenvalue weighted by atomic mass is 9.95. The Morgan fingerprint density at radius 1 is 1.41 bits per heavy atom. The number of carboxylic acid groups (broad SMARTS) is 1. The largest absolute Gasteiger partial charge is 0.476 e. The lowest BCUT2D eigenvalue weighted by Gasteiger charge is -2.30. The minimum Gasteiger partial charge on any atom is -0.476 e. The topological polar surface area (TPSA) is 53.4 Å². The zero-order chi connectivity index (χ0) is 12.4. The van der Waals surface area contributed by atoms with Crippen LogP contribution in [0.5, 0.6) is 0 Å². The quantitative estimate of drug-likeness (QED) is 0.901. The Bertz CT molecular complexity index is 411. The molecule has 1 aliphatic carbocycles. The Balaban J connectivity index is 2.15. The van der Waals surface area contributed by atoms with Crippen LogP contribution in [-0.2, 0) is 0 Å². The molecule has 0 atom stereocenters. The molecule has 1 saturated carbocycles. The number of nitrogens with zero attached hydrogens (tertiary/aromatic N) is 2. The van der Waals surface area contributed by atoms with Gasteiger partial charge in [-0.3, -0.25) is 0 Å². The summed E-state index contributed by atoms with van der Waals surface area (Å²) in [6.07, 6.45) is 6.24. The summed E-state index contributed by atoms with van der Waals surface area (Å²) in [7, 11) is 2.03. The first kappa shape index (κ1) is 12.4. The van der Waals surface area contributed by atoms with E-state index in [-0.39, 0.29) is 5.69 Å². The maximum Gasteiger partial charge on any atom is 0.355 e. The van der Waals surface area contributed by atoms with Crippen LogP contribution < -0.4 is 4.90 Å². The molecule has 5 heteroatoms. The third-order valence-electron chi connectivity index (χ3n) is 3.41. The summed E-state index contributed by atoms with van der Waals surface area (Å²) in [4.78, 5) is 18.1. The molecule has 0 unspecified atom stereocenters. The van der Waals surface area contributed by atoms with Crippen molar-refractivity contribution in [3.63, 3.8) is 0 Å². The van der Waals surface area contributed by atoms with Gasteiger partial charge in [0, 0.05) is 18.0 Å². The first-order valence-corrected chi connectivity index (χ1v) is 6.85. The van der Waals surface area contributed by atoms with E-state index >= 15 is 0 Å². The summed E-state index contributed by atoms with van der Waals surface area (Å²) in [6.45, 7) is 1.82. The van der Waals surface area contributed by atoms with Crippen LogP contribution in [0.3, 0.4) is 0 Å². The van der Waals surface area contributed by atoms with Crippen molar-refractivity contribution in [2.24, 2.45) is 0 Å². The average molecular weight is 254 g/mol. The number of rotatable bonds is 3. The van der Waals surface area contributed by atoms with Gasteiger partial charge in [-0.25, -0.2) is 9.78 Å². The Labute approximate surface area is 105 Å². The number of carbonyl (C=O) groups is 1. The van der Waals surface area contributed by atoms with Gasteiger partial charge in [-0.2, -0.15) is 0 Å². The molecule has 0 bridgehead atoms. The second-order valence-corrected chi connectivity index (χ2v) is 5.79. The molecule has 4 nitrogen and oxygen atoms in total. The number of aromatic carboxylic acids is 1. The van der Waals surface area contributed by atoms with Gasteiger partial charge in [-0.1, -0.05) is 19.3 Å². The lowest BCUT2D eigenvalue weighted by Crippen LogP contribution is -2.33. The molecule has 1 aliphatic rings. The van der Waals surface area contributed by atoms with Crippen molar-refractivity contribution in [1.29, 1.82) is 0 Å². The van der Waals surface area contributed by atoms with Gasteiger partial charge >= 0.3 is 5.97 Å². The first-order chi connectivity index (χ1) is 8.09. The minimum atomic E-state index is -0.929.